The lowest BCUT2D eigenvalue weighted by molar-refractivity contribution is -0.0624. The van der Waals surface area contributed by atoms with Gasteiger partial charge in [-0.05, 0) is 47.1 Å². The molecule has 0 aromatic rings. The smallest absolute Gasteiger partial charge is 0.412 e. The van der Waals surface area contributed by atoms with E-state index in [0.29, 0.717) is 26.3 Å². The molecule has 1 amide bonds. The Hall–Kier alpha value is -1.31. The first-order chi connectivity index (χ1) is 11.1. The highest BCUT2D eigenvalue weighted by atomic mass is 16.6. The fraction of sp³-hybridized carbons (Fsp3) is 0.824. The van der Waals surface area contributed by atoms with Gasteiger partial charge in [-0.25, -0.2) is 4.79 Å². The number of carbonyl (C=O) groups excluding carboxylic acids is 1. The number of hydrogen-bond donors (Lipinski definition) is 2. The van der Waals surface area contributed by atoms with Gasteiger partial charge in [0, 0.05) is 12.6 Å². The van der Waals surface area contributed by atoms with E-state index in [0.717, 1.165) is 12.2 Å². The molecule has 24 heavy (non-hydrogen) atoms. The van der Waals surface area contributed by atoms with Gasteiger partial charge in [0.25, 0.3) is 0 Å². The second kappa shape index (κ2) is 7.29. The van der Waals surface area contributed by atoms with Crippen molar-refractivity contribution in [1.29, 1.82) is 0 Å². The van der Waals surface area contributed by atoms with E-state index >= 15 is 0 Å². The summed E-state index contributed by atoms with van der Waals surface area (Å²) in [4.78, 5) is 14.3. The van der Waals surface area contributed by atoms with Crippen LogP contribution in [0.2, 0.25) is 0 Å². The molecular formula is C17H31N3O4. The molecule has 2 atom stereocenters. The van der Waals surface area contributed by atoms with E-state index in [1.165, 1.54) is 0 Å². The lowest BCUT2D eigenvalue weighted by Crippen LogP contribution is -2.53. The molecule has 0 spiro atoms. The predicted octanol–water partition coefficient (Wildman–Crippen LogP) is 1.58. The second-order valence-electron chi connectivity index (χ2n) is 7.79. The molecule has 0 saturated carbocycles. The summed E-state index contributed by atoms with van der Waals surface area (Å²) in [5, 5.41) is 3.45. The monoisotopic (exact) mass is 341 g/mol. The van der Waals surface area contributed by atoms with Crippen LogP contribution in [0.15, 0.2) is 11.8 Å². The Balaban J connectivity index is 1.93. The van der Waals surface area contributed by atoms with Gasteiger partial charge in [0.05, 0.1) is 19.2 Å². The molecule has 138 valence electrons. The molecule has 2 heterocycles. The lowest BCUT2D eigenvalue weighted by atomic mass is 10.1. The Kier molecular flexibility index (Phi) is 5.78. The highest BCUT2D eigenvalue weighted by Crippen LogP contribution is 2.29. The Labute approximate surface area is 144 Å². The Bertz CT molecular complexity index is 485. The number of carbonyl (C=O) groups is 1. The van der Waals surface area contributed by atoms with Gasteiger partial charge >= 0.3 is 6.09 Å². The maximum absolute atomic E-state index is 12.6. The highest BCUT2D eigenvalue weighted by molar-refractivity contribution is 5.69. The fourth-order valence-corrected chi connectivity index (χ4v) is 2.91. The molecule has 0 radical (unpaired) electrons. The number of nitrogens with one attached hydrogen (secondary N) is 1. The Morgan fingerprint density at radius 3 is 2.71 bits per heavy atom. The van der Waals surface area contributed by atoms with Gasteiger partial charge in [-0.15, -0.1) is 0 Å². The first-order valence-corrected chi connectivity index (χ1v) is 8.54. The van der Waals surface area contributed by atoms with Crippen LogP contribution >= 0.6 is 0 Å². The molecule has 2 unspecified atom stereocenters. The average Bonchev–Trinajstić information content (AvgIpc) is 2.78. The van der Waals surface area contributed by atoms with Gasteiger partial charge in [0.2, 0.25) is 0 Å². The number of nitrogens with zero attached hydrogens (tertiary/aromatic N) is 1. The van der Waals surface area contributed by atoms with Gasteiger partial charge in [-0.1, -0.05) is 0 Å². The summed E-state index contributed by atoms with van der Waals surface area (Å²) in [5.41, 5.74) is 4.36. The molecular weight excluding hydrogens is 310 g/mol. The average molecular weight is 341 g/mol. The van der Waals surface area contributed by atoms with Crippen LogP contribution < -0.4 is 11.1 Å². The molecule has 0 aliphatic carbocycles. The van der Waals surface area contributed by atoms with Crippen LogP contribution in [-0.4, -0.2) is 60.7 Å². The third kappa shape index (κ3) is 4.84. The first-order valence-electron chi connectivity index (χ1n) is 8.54. The molecule has 2 aliphatic heterocycles. The van der Waals surface area contributed by atoms with Crippen molar-refractivity contribution in [3.05, 3.63) is 11.8 Å². The van der Waals surface area contributed by atoms with Gasteiger partial charge < -0.3 is 25.3 Å². The van der Waals surface area contributed by atoms with E-state index < -0.39 is 11.3 Å². The van der Waals surface area contributed by atoms with E-state index in [-0.39, 0.29) is 18.2 Å². The normalized spacial score (nSPS) is 26.8. The van der Waals surface area contributed by atoms with Crippen molar-refractivity contribution in [2.45, 2.75) is 64.4 Å². The van der Waals surface area contributed by atoms with Crippen LogP contribution in [-0.2, 0) is 14.2 Å². The molecule has 2 rings (SSSR count). The Morgan fingerprint density at radius 2 is 2.17 bits per heavy atom. The standard InChI is InChI=1S/C17H31N3O4/c1-16(2,3)24-15(21)20-13(11-23-17(20,4)5)9-19-12-6-7-14(8-18)22-10-12/h7,12-13,19H,6,8-11,18H2,1-5H3. The number of rotatable bonds is 4. The second-order valence-corrected chi connectivity index (χ2v) is 7.79. The third-order valence-corrected chi connectivity index (χ3v) is 4.11. The van der Waals surface area contributed by atoms with Crippen molar-refractivity contribution in [2.75, 3.05) is 26.3 Å². The quantitative estimate of drug-likeness (QED) is 0.807. The number of nitrogens with two attached hydrogens (primary N) is 1. The van der Waals surface area contributed by atoms with Gasteiger partial charge in [0.15, 0.2) is 0 Å². The van der Waals surface area contributed by atoms with Crippen molar-refractivity contribution < 1.29 is 19.0 Å². The maximum Gasteiger partial charge on any atom is 0.412 e. The number of ether oxygens (including phenoxy) is 3. The fourth-order valence-electron chi connectivity index (χ4n) is 2.91. The predicted molar refractivity (Wildman–Crippen MR) is 91.4 cm³/mol. The molecule has 0 aromatic heterocycles. The van der Waals surface area contributed by atoms with Crippen LogP contribution in [0.5, 0.6) is 0 Å². The zero-order valence-corrected chi connectivity index (χ0v) is 15.4. The summed E-state index contributed by atoms with van der Waals surface area (Å²) >= 11 is 0. The summed E-state index contributed by atoms with van der Waals surface area (Å²) in [6.45, 7) is 11.5. The lowest BCUT2D eigenvalue weighted by Gasteiger charge is -2.35. The van der Waals surface area contributed by atoms with E-state index in [2.05, 4.69) is 5.32 Å². The van der Waals surface area contributed by atoms with E-state index in [4.69, 9.17) is 19.9 Å². The van der Waals surface area contributed by atoms with Crippen LogP contribution in [0.1, 0.15) is 41.0 Å². The van der Waals surface area contributed by atoms with Crippen molar-refractivity contribution in [1.82, 2.24) is 10.2 Å². The van der Waals surface area contributed by atoms with Crippen LogP contribution in [0.3, 0.4) is 0 Å². The first kappa shape index (κ1) is 19.0. The summed E-state index contributed by atoms with van der Waals surface area (Å²) in [5.74, 6) is 0.841. The van der Waals surface area contributed by atoms with Gasteiger partial charge in [-0.3, -0.25) is 4.90 Å². The minimum atomic E-state index is -0.676. The topological polar surface area (TPSA) is 86.1 Å². The SMILES string of the molecule is CC(C)(C)OC(=O)N1C(CNC2CC=C(CN)OC2)COC1(C)C. The molecule has 0 aromatic carbocycles. The van der Waals surface area contributed by atoms with Crippen LogP contribution in [0.4, 0.5) is 4.79 Å². The zero-order chi connectivity index (χ0) is 18.0. The van der Waals surface area contributed by atoms with Gasteiger partial charge in [-0.2, -0.15) is 0 Å². The molecule has 1 saturated heterocycles. The maximum atomic E-state index is 12.6. The van der Waals surface area contributed by atoms with Crippen molar-refractivity contribution in [3.63, 3.8) is 0 Å². The zero-order valence-electron chi connectivity index (χ0n) is 15.4. The molecule has 1 fully saturated rings. The van der Waals surface area contributed by atoms with Gasteiger partial charge in [0.1, 0.15) is 23.7 Å². The molecule has 0 bridgehead atoms. The van der Waals surface area contributed by atoms with Crippen LogP contribution in [0.25, 0.3) is 0 Å². The van der Waals surface area contributed by atoms with E-state index in [9.17, 15) is 4.79 Å². The largest absolute Gasteiger partial charge is 0.495 e. The van der Waals surface area contributed by atoms with E-state index in [1.807, 2.05) is 40.7 Å². The number of hydrogen-bond acceptors (Lipinski definition) is 6. The van der Waals surface area contributed by atoms with E-state index in [1.54, 1.807) is 4.90 Å². The number of amides is 1. The minimum Gasteiger partial charge on any atom is -0.495 e. The Morgan fingerprint density at radius 1 is 1.46 bits per heavy atom. The highest BCUT2D eigenvalue weighted by Gasteiger charge is 2.45. The molecule has 7 heteroatoms. The molecule has 2 aliphatic rings. The molecule has 7 nitrogen and oxygen atoms in total. The minimum absolute atomic E-state index is 0.0743. The summed E-state index contributed by atoms with van der Waals surface area (Å²) in [6, 6.07) is 0.138. The van der Waals surface area contributed by atoms with Crippen molar-refractivity contribution in [2.24, 2.45) is 5.73 Å². The third-order valence-electron chi connectivity index (χ3n) is 4.11. The summed E-state index contributed by atoms with van der Waals surface area (Å²) in [6.07, 6.45) is 2.54. The summed E-state index contributed by atoms with van der Waals surface area (Å²) < 4.78 is 16.9. The summed E-state index contributed by atoms with van der Waals surface area (Å²) in [7, 11) is 0. The van der Waals surface area contributed by atoms with Crippen LogP contribution in [0, 0.1) is 0 Å². The molecule has 3 N–H and O–H groups in total. The van der Waals surface area contributed by atoms with Crippen molar-refractivity contribution >= 4 is 6.09 Å². The van der Waals surface area contributed by atoms with Crippen molar-refractivity contribution in [3.8, 4) is 0 Å².